The molecule has 0 saturated carbocycles. The number of aliphatic hydroxyl groups is 1. The Morgan fingerprint density at radius 3 is 2.33 bits per heavy atom. The summed E-state index contributed by atoms with van der Waals surface area (Å²) in [6.45, 7) is 0.0577. The van der Waals surface area contributed by atoms with Gasteiger partial charge >= 0.3 is 0 Å². The zero-order valence-corrected chi connectivity index (χ0v) is 8.73. The lowest BCUT2D eigenvalue weighted by Gasteiger charge is -2.15. The van der Waals surface area contributed by atoms with E-state index in [1.165, 1.54) is 26.4 Å². The Labute approximate surface area is 88.0 Å². The molecule has 1 aromatic carbocycles. The molecule has 15 heavy (non-hydrogen) atoms. The van der Waals surface area contributed by atoms with Crippen molar-refractivity contribution in [2.45, 2.75) is 6.10 Å². The molecule has 1 atom stereocenters. The van der Waals surface area contributed by atoms with Gasteiger partial charge in [-0.05, 0) is 6.07 Å². The number of benzene rings is 1. The summed E-state index contributed by atoms with van der Waals surface area (Å²) < 4.78 is 9.97. The van der Waals surface area contributed by atoms with Crippen LogP contribution in [0, 0.1) is 0 Å². The van der Waals surface area contributed by atoms with Crippen LogP contribution < -0.4 is 15.2 Å². The number of ether oxygens (including phenoxy) is 2. The van der Waals surface area contributed by atoms with Gasteiger partial charge in [0.15, 0.2) is 11.5 Å². The van der Waals surface area contributed by atoms with Gasteiger partial charge in [-0.1, -0.05) is 0 Å². The molecule has 0 aliphatic heterocycles. The van der Waals surface area contributed by atoms with Gasteiger partial charge in [0.25, 0.3) is 0 Å². The number of nitrogens with two attached hydrogens (primary N) is 1. The molecule has 0 aliphatic carbocycles. The Hall–Kier alpha value is -1.46. The summed E-state index contributed by atoms with van der Waals surface area (Å²) in [4.78, 5) is 0. The highest BCUT2D eigenvalue weighted by molar-refractivity contribution is 5.50. The molecule has 0 spiro atoms. The maximum Gasteiger partial charge on any atom is 0.164 e. The monoisotopic (exact) mass is 213 g/mol. The lowest BCUT2D eigenvalue weighted by Crippen LogP contribution is -2.12. The van der Waals surface area contributed by atoms with Crippen molar-refractivity contribution < 1.29 is 19.7 Å². The number of aromatic hydroxyl groups is 1. The molecular weight excluding hydrogens is 198 g/mol. The molecule has 0 aliphatic rings. The number of rotatable bonds is 4. The van der Waals surface area contributed by atoms with Crippen molar-refractivity contribution in [3.63, 3.8) is 0 Å². The fraction of sp³-hybridized carbons (Fsp3) is 0.400. The minimum Gasteiger partial charge on any atom is -0.504 e. The van der Waals surface area contributed by atoms with E-state index in [0.29, 0.717) is 17.1 Å². The molecule has 0 radical (unpaired) electrons. The van der Waals surface area contributed by atoms with Gasteiger partial charge in [-0.15, -0.1) is 0 Å². The molecule has 0 saturated heterocycles. The third-order valence-corrected chi connectivity index (χ3v) is 2.11. The number of methoxy groups -OCH3 is 2. The topological polar surface area (TPSA) is 84.9 Å². The van der Waals surface area contributed by atoms with Gasteiger partial charge in [-0.25, -0.2) is 0 Å². The van der Waals surface area contributed by atoms with E-state index in [0.717, 1.165) is 0 Å². The van der Waals surface area contributed by atoms with Crippen molar-refractivity contribution in [3.05, 3.63) is 17.7 Å². The minimum atomic E-state index is -0.864. The van der Waals surface area contributed by atoms with Crippen molar-refractivity contribution >= 4 is 0 Å². The molecule has 1 aromatic rings. The average molecular weight is 213 g/mol. The number of hydrogen-bond donors (Lipinski definition) is 3. The number of aliphatic hydroxyl groups excluding tert-OH is 1. The molecule has 0 heterocycles. The standard InChI is InChI=1S/C10H15NO4/c1-14-9-4-10(15-2)7(12)3-6(9)8(13)5-11/h3-4,8,12-13H,5,11H2,1-2H3. The van der Waals surface area contributed by atoms with Crippen LogP contribution in [0.25, 0.3) is 0 Å². The summed E-state index contributed by atoms with van der Waals surface area (Å²) >= 11 is 0. The first-order valence-corrected chi connectivity index (χ1v) is 4.47. The maximum atomic E-state index is 9.57. The molecule has 5 heteroatoms. The summed E-state index contributed by atoms with van der Waals surface area (Å²) in [6.07, 6.45) is -0.864. The molecule has 5 nitrogen and oxygen atoms in total. The second-order valence-electron chi connectivity index (χ2n) is 3.02. The van der Waals surface area contributed by atoms with Gasteiger partial charge in [-0.2, -0.15) is 0 Å². The number of phenols is 1. The highest BCUT2D eigenvalue weighted by atomic mass is 16.5. The van der Waals surface area contributed by atoms with E-state index in [9.17, 15) is 10.2 Å². The Morgan fingerprint density at radius 2 is 1.87 bits per heavy atom. The molecule has 0 amide bonds. The Bertz CT molecular complexity index is 340. The SMILES string of the molecule is COc1cc(OC)c(C(O)CN)cc1O. The van der Waals surface area contributed by atoms with E-state index in [1.54, 1.807) is 0 Å². The summed E-state index contributed by atoms with van der Waals surface area (Å²) in [5.41, 5.74) is 5.77. The van der Waals surface area contributed by atoms with Crippen molar-refractivity contribution in [1.82, 2.24) is 0 Å². The minimum absolute atomic E-state index is 0.0548. The van der Waals surface area contributed by atoms with Crippen LogP contribution >= 0.6 is 0 Å². The smallest absolute Gasteiger partial charge is 0.164 e. The molecule has 1 unspecified atom stereocenters. The van der Waals surface area contributed by atoms with Crippen LogP contribution in [0.5, 0.6) is 17.2 Å². The summed E-state index contributed by atoms with van der Waals surface area (Å²) in [5, 5.41) is 19.1. The fourth-order valence-corrected chi connectivity index (χ4v) is 1.29. The van der Waals surface area contributed by atoms with Crippen LogP contribution in [0.1, 0.15) is 11.7 Å². The number of hydrogen-bond acceptors (Lipinski definition) is 5. The van der Waals surface area contributed by atoms with Crippen LogP contribution in [0.15, 0.2) is 12.1 Å². The molecule has 0 aromatic heterocycles. The number of phenolic OH excluding ortho intramolecular Hbond substituents is 1. The molecule has 0 bridgehead atoms. The predicted octanol–water partition coefficient (Wildman–Crippen LogP) is 0.402. The van der Waals surface area contributed by atoms with Gasteiger partial charge in [-0.3, -0.25) is 0 Å². The Balaban J connectivity index is 3.21. The van der Waals surface area contributed by atoms with E-state index in [1.807, 2.05) is 0 Å². The first kappa shape index (κ1) is 11.6. The molecule has 4 N–H and O–H groups in total. The van der Waals surface area contributed by atoms with Gasteiger partial charge in [0.2, 0.25) is 0 Å². The Kier molecular flexibility index (Phi) is 3.76. The van der Waals surface area contributed by atoms with Gasteiger partial charge in [0.05, 0.1) is 20.3 Å². The largest absolute Gasteiger partial charge is 0.504 e. The summed E-state index contributed by atoms with van der Waals surface area (Å²) in [5.74, 6) is 0.670. The third kappa shape index (κ3) is 2.31. The molecule has 84 valence electrons. The van der Waals surface area contributed by atoms with E-state index in [4.69, 9.17) is 15.2 Å². The molecule has 0 fully saturated rings. The van der Waals surface area contributed by atoms with Crippen molar-refractivity contribution in [1.29, 1.82) is 0 Å². The van der Waals surface area contributed by atoms with Crippen LogP contribution in [-0.2, 0) is 0 Å². The van der Waals surface area contributed by atoms with Crippen molar-refractivity contribution in [2.75, 3.05) is 20.8 Å². The van der Waals surface area contributed by atoms with Crippen LogP contribution in [0.4, 0.5) is 0 Å². The normalized spacial score (nSPS) is 12.3. The predicted molar refractivity (Wildman–Crippen MR) is 55.2 cm³/mol. The lowest BCUT2D eigenvalue weighted by atomic mass is 10.1. The first-order valence-electron chi connectivity index (χ1n) is 4.47. The van der Waals surface area contributed by atoms with Crippen molar-refractivity contribution in [2.24, 2.45) is 5.73 Å². The highest BCUT2D eigenvalue weighted by Crippen LogP contribution is 2.36. The zero-order chi connectivity index (χ0) is 11.4. The molecular formula is C10H15NO4. The first-order chi connectivity index (χ1) is 7.13. The quantitative estimate of drug-likeness (QED) is 0.674. The van der Waals surface area contributed by atoms with E-state index < -0.39 is 6.10 Å². The van der Waals surface area contributed by atoms with Crippen LogP contribution in [0.2, 0.25) is 0 Å². The van der Waals surface area contributed by atoms with E-state index >= 15 is 0 Å². The third-order valence-electron chi connectivity index (χ3n) is 2.11. The van der Waals surface area contributed by atoms with Gasteiger partial charge in [0, 0.05) is 18.2 Å². The Morgan fingerprint density at radius 1 is 1.27 bits per heavy atom. The maximum absolute atomic E-state index is 9.57. The fourth-order valence-electron chi connectivity index (χ4n) is 1.29. The van der Waals surface area contributed by atoms with Gasteiger partial charge < -0.3 is 25.4 Å². The average Bonchev–Trinajstić information content (AvgIpc) is 2.27. The second-order valence-corrected chi connectivity index (χ2v) is 3.02. The van der Waals surface area contributed by atoms with E-state index in [-0.39, 0.29) is 12.3 Å². The summed E-state index contributed by atoms with van der Waals surface area (Å²) in [6, 6.07) is 2.89. The van der Waals surface area contributed by atoms with Crippen molar-refractivity contribution in [3.8, 4) is 17.2 Å². The van der Waals surface area contributed by atoms with E-state index in [2.05, 4.69) is 0 Å². The van der Waals surface area contributed by atoms with Gasteiger partial charge in [0.1, 0.15) is 5.75 Å². The second kappa shape index (κ2) is 4.86. The van der Waals surface area contributed by atoms with Crippen LogP contribution in [0.3, 0.4) is 0 Å². The summed E-state index contributed by atoms with van der Waals surface area (Å²) in [7, 11) is 2.91. The molecule has 1 rings (SSSR count). The highest BCUT2D eigenvalue weighted by Gasteiger charge is 2.15. The lowest BCUT2D eigenvalue weighted by molar-refractivity contribution is 0.181. The van der Waals surface area contributed by atoms with Crippen LogP contribution in [-0.4, -0.2) is 31.0 Å². The zero-order valence-electron chi connectivity index (χ0n) is 8.73.